The zero-order chi connectivity index (χ0) is 23.1. The zero-order valence-electron chi connectivity index (χ0n) is 18.4. The number of anilines is 2. The Morgan fingerprint density at radius 2 is 1.68 bits per heavy atom. The van der Waals surface area contributed by atoms with Gasteiger partial charge < -0.3 is 15.0 Å². The minimum atomic E-state index is -2.78. The first-order valence-electron chi connectivity index (χ1n) is 11.4. The van der Waals surface area contributed by atoms with E-state index >= 15 is 0 Å². The summed E-state index contributed by atoms with van der Waals surface area (Å²) in [6.07, 6.45) is -0.915. The number of halogens is 2. The van der Waals surface area contributed by atoms with E-state index in [2.05, 4.69) is 37.4 Å². The van der Waals surface area contributed by atoms with Gasteiger partial charge in [0, 0.05) is 13.1 Å². The van der Waals surface area contributed by atoms with Crippen LogP contribution < -0.4 is 10.2 Å². The molecular weight excluding hydrogens is 440 g/mol. The van der Waals surface area contributed by atoms with Crippen LogP contribution in [0.25, 0.3) is 17.0 Å². The van der Waals surface area contributed by atoms with Crippen molar-refractivity contribution in [1.82, 2.24) is 24.5 Å². The molecule has 2 aromatic heterocycles. The molecule has 3 heterocycles. The SMILES string of the molecule is FC(F)c1nc2ccccc2n1-c1nc(NC2CCc3ccccc32)nc(N2CCOCC2)n1. The predicted octanol–water partition coefficient (Wildman–Crippen LogP) is 4.08. The van der Waals surface area contributed by atoms with E-state index in [1.807, 2.05) is 17.0 Å². The summed E-state index contributed by atoms with van der Waals surface area (Å²) in [5.41, 5.74) is 3.49. The molecule has 1 aliphatic carbocycles. The number of ether oxygens (including phenoxy) is 1. The van der Waals surface area contributed by atoms with E-state index in [4.69, 9.17) is 4.74 Å². The number of aromatic nitrogens is 5. The molecule has 174 valence electrons. The normalized spacial score (nSPS) is 18.0. The number of aryl methyl sites for hydroxylation is 1. The van der Waals surface area contributed by atoms with E-state index in [0.717, 1.165) is 12.8 Å². The largest absolute Gasteiger partial charge is 0.378 e. The van der Waals surface area contributed by atoms with E-state index in [0.29, 0.717) is 49.2 Å². The van der Waals surface area contributed by atoms with Crippen LogP contribution in [-0.4, -0.2) is 50.8 Å². The number of nitrogens with zero attached hydrogens (tertiary/aromatic N) is 6. The third-order valence-electron chi connectivity index (χ3n) is 6.32. The molecule has 0 bridgehead atoms. The van der Waals surface area contributed by atoms with Crippen LogP contribution in [0, 0.1) is 0 Å². The second-order valence-corrected chi connectivity index (χ2v) is 8.39. The van der Waals surface area contributed by atoms with Crippen LogP contribution in [-0.2, 0) is 11.2 Å². The van der Waals surface area contributed by atoms with E-state index in [1.54, 1.807) is 24.3 Å². The number of benzene rings is 2. The molecule has 1 N–H and O–H groups in total. The summed E-state index contributed by atoms with van der Waals surface area (Å²) in [5, 5.41) is 3.43. The van der Waals surface area contributed by atoms with Gasteiger partial charge in [-0.1, -0.05) is 36.4 Å². The average Bonchev–Trinajstić information content (AvgIpc) is 3.46. The van der Waals surface area contributed by atoms with Gasteiger partial charge in [0.15, 0.2) is 5.82 Å². The molecule has 0 saturated carbocycles. The molecule has 1 saturated heterocycles. The maximum absolute atomic E-state index is 14.0. The molecule has 34 heavy (non-hydrogen) atoms. The highest BCUT2D eigenvalue weighted by atomic mass is 19.3. The Bertz CT molecular complexity index is 1340. The topological polar surface area (TPSA) is 81.0 Å². The van der Waals surface area contributed by atoms with Gasteiger partial charge in [-0.05, 0) is 36.1 Å². The summed E-state index contributed by atoms with van der Waals surface area (Å²) >= 11 is 0. The van der Waals surface area contributed by atoms with Crippen LogP contribution in [0.4, 0.5) is 20.7 Å². The number of para-hydroxylation sites is 2. The van der Waals surface area contributed by atoms with Gasteiger partial charge >= 0.3 is 0 Å². The van der Waals surface area contributed by atoms with Crippen molar-refractivity contribution in [2.75, 3.05) is 36.5 Å². The first kappa shape index (κ1) is 20.9. The highest BCUT2D eigenvalue weighted by Gasteiger charge is 2.26. The highest BCUT2D eigenvalue weighted by molar-refractivity contribution is 5.77. The van der Waals surface area contributed by atoms with E-state index in [1.165, 1.54) is 15.7 Å². The van der Waals surface area contributed by atoms with Crippen molar-refractivity contribution in [1.29, 1.82) is 0 Å². The van der Waals surface area contributed by atoms with Crippen molar-refractivity contribution < 1.29 is 13.5 Å². The van der Waals surface area contributed by atoms with Crippen LogP contribution >= 0.6 is 0 Å². The number of fused-ring (bicyclic) bond motifs is 2. The number of imidazole rings is 1. The predicted molar refractivity (Wildman–Crippen MR) is 124 cm³/mol. The van der Waals surface area contributed by atoms with Gasteiger partial charge in [-0.25, -0.2) is 13.8 Å². The number of nitrogens with one attached hydrogen (secondary N) is 1. The lowest BCUT2D eigenvalue weighted by Gasteiger charge is -2.27. The third kappa shape index (κ3) is 3.73. The molecule has 0 radical (unpaired) electrons. The second-order valence-electron chi connectivity index (χ2n) is 8.39. The van der Waals surface area contributed by atoms with E-state index in [-0.39, 0.29) is 12.0 Å². The minimum absolute atomic E-state index is 0.0399. The molecule has 1 atom stereocenters. The zero-order valence-corrected chi connectivity index (χ0v) is 18.4. The molecular formula is C24H23F2N7O. The van der Waals surface area contributed by atoms with Crippen molar-refractivity contribution in [2.45, 2.75) is 25.3 Å². The third-order valence-corrected chi connectivity index (χ3v) is 6.32. The lowest BCUT2D eigenvalue weighted by atomic mass is 10.1. The van der Waals surface area contributed by atoms with Crippen LogP contribution in [0.1, 0.15) is 35.8 Å². The van der Waals surface area contributed by atoms with Crippen LogP contribution in [0.5, 0.6) is 0 Å². The fraction of sp³-hybridized carbons (Fsp3) is 0.333. The maximum atomic E-state index is 14.0. The summed E-state index contributed by atoms with van der Waals surface area (Å²) in [7, 11) is 0. The average molecular weight is 463 g/mol. The molecule has 1 fully saturated rings. The number of alkyl halides is 2. The van der Waals surface area contributed by atoms with Crippen molar-refractivity contribution in [2.24, 2.45) is 0 Å². The minimum Gasteiger partial charge on any atom is -0.378 e. The standard InChI is InChI=1S/C24H23F2N7O/c25-20(26)21-27-18-7-3-4-8-19(18)33(21)24-30-22(29-23(31-24)32-11-13-34-14-12-32)28-17-10-9-15-5-1-2-6-16(15)17/h1-8,17,20H,9-14H2,(H,28,29,30,31). The summed E-state index contributed by atoms with van der Waals surface area (Å²) < 4.78 is 34.8. The quantitative estimate of drug-likeness (QED) is 0.478. The van der Waals surface area contributed by atoms with Gasteiger partial charge in [-0.15, -0.1) is 0 Å². The molecule has 2 aliphatic rings. The molecule has 10 heteroatoms. The van der Waals surface area contributed by atoms with Crippen molar-refractivity contribution in [3.05, 3.63) is 65.5 Å². The number of rotatable bonds is 5. The van der Waals surface area contributed by atoms with Crippen LogP contribution in [0.3, 0.4) is 0 Å². The Morgan fingerprint density at radius 1 is 0.912 bits per heavy atom. The van der Waals surface area contributed by atoms with Crippen LogP contribution in [0.15, 0.2) is 48.5 Å². The fourth-order valence-electron chi connectivity index (χ4n) is 4.69. The first-order chi connectivity index (χ1) is 16.7. The summed E-state index contributed by atoms with van der Waals surface area (Å²) in [6.45, 7) is 2.33. The lowest BCUT2D eigenvalue weighted by molar-refractivity contribution is 0.122. The van der Waals surface area contributed by atoms with Crippen molar-refractivity contribution >= 4 is 22.9 Å². The lowest BCUT2D eigenvalue weighted by Crippen LogP contribution is -2.37. The van der Waals surface area contributed by atoms with Crippen molar-refractivity contribution in [3.63, 3.8) is 0 Å². The van der Waals surface area contributed by atoms with Crippen molar-refractivity contribution in [3.8, 4) is 5.95 Å². The molecule has 8 nitrogen and oxygen atoms in total. The first-order valence-corrected chi connectivity index (χ1v) is 11.4. The number of morpholine rings is 1. The maximum Gasteiger partial charge on any atom is 0.296 e. The Hall–Kier alpha value is -3.66. The summed E-state index contributed by atoms with van der Waals surface area (Å²) in [5.74, 6) is 0.512. The van der Waals surface area contributed by atoms with E-state index in [9.17, 15) is 8.78 Å². The van der Waals surface area contributed by atoms with Gasteiger partial charge in [0.05, 0.1) is 30.3 Å². The second kappa shape index (κ2) is 8.60. The summed E-state index contributed by atoms with van der Waals surface area (Å²) in [6, 6.07) is 15.3. The van der Waals surface area contributed by atoms with Gasteiger partial charge in [-0.2, -0.15) is 15.0 Å². The molecule has 1 aliphatic heterocycles. The van der Waals surface area contributed by atoms with Gasteiger partial charge in [0.1, 0.15) is 0 Å². The Morgan fingerprint density at radius 3 is 2.53 bits per heavy atom. The number of hydrogen-bond acceptors (Lipinski definition) is 7. The highest BCUT2D eigenvalue weighted by Crippen LogP contribution is 2.34. The number of hydrogen-bond donors (Lipinski definition) is 1. The smallest absolute Gasteiger partial charge is 0.296 e. The van der Waals surface area contributed by atoms with Gasteiger partial charge in [0.25, 0.3) is 6.43 Å². The molecule has 4 aromatic rings. The Labute approximate surface area is 194 Å². The van der Waals surface area contributed by atoms with Gasteiger partial charge in [0.2, 0.25) is 17.8 Å². The van der Waals surface area contributed by atoms with Gasteiger partial charge in [-0.3, -0.25) is 4.57 Å². The monoisotopic (exact) mass is 463 g/mol. The summed E-state index contributed by atoms with van der Waals surface area (Å²) in [4.78, 5) is 20.0. The fourth-order valence-corrected chi connectivity index (χ4v) is 4.69. The van der Waals surface area contributed by atoms with E-state index < -0.39 is 12.2 Å². The molecule has 0 amide bonds. The molecule has 1 unspecified atom stereocenters. The van der Waals surface area contributed by atoms with Crippen LogP contribution in [0.2, 0.25) is 0 Å². The molecule has 2 aromatic carbocycles. The molecule has 6 rings (SSSR count). The molecule has 0 spiro atoms. The Kier molecular flexibility index (Phi) is 5.29. The Balaban J connectivity index is 1.47.